The van der Waals surface area contributed by atoms with Gasteiger partial charge in [-0.25, -0.2) is 0 Å². The Morgan fingerprint density at radius 3 is 2.95 bits per heavy atom. The predicted molar refractivity (Wildman–Crippen MR) is 86.6 cm³/mol. The number of nitrogens with one attached hydrogen (secondary N) is 1. The number of ether oxygens (including phenoxy) is 1. The molecule has 0 saturated heterocycles. The van der Waals surface area contributed by atoms with Crippen molar-refractivity contribution in [3.63, 3.8) is 0 Å². The summed E-state index contributed by atoms with van der Waals surface area (Å²) in [7, 11) is 1.68. The summed E-state index contributed by atoms with van der Waals surface area (Å²) in [5, 5.41) is 0. The minimum absolute atomic E-state index is 0.564. The van der Waals surface area contributed by atoms with Crippen LogP contribution in [0.5, 0.6) is 5.75 Å². The number of H-pyrrole nitrogens is 1. The van der Waals surface area contributed by atoms with E-state index >= 15 is 0 Å². The van der Waals surface area contributed by atoms with Gasteiger partial charge in [-0.2, -0.15) is 0 Å². The number of nitrogens with zero attached hydrogens (tertiary/aromatic N) is 1. The van der Waals surface area contributed by atoms with E-state index < -0.39 is 0 Å². The highest BCUT2D eigenvalue weighted by Crippen LogP contribution is 2.36. The third-order valence-corrected chi connectivity index (χ3v) is 4.67. The van der Waals surface area contributed by atoms with Crippen molar-refractivity contribution in [2.24, 2.45) is 0 Å². The molecule has 0 fully saturated rings. The molecule has 0 bridgehead atoms. The van der Waals surface area contributed by atoms with Crippen molar-refractivity contribution in [3.8, 4) is 5.75 Å². The molecule has 1 N–H and O–H groups in total. The summed E-state index contributed by atoms with van der Waals surface area (Å²) >= 11 is 5.49. The first kappa shape index (κ1) is 12.7. The fraction of sp³-hybridized carbons (Fsp3) is 0.235. The van der Waals surface area contributed by atoms with Crippen molar-refractivity contribution in [2.75, 3.05) is 7.11 Å². The lowest BCUT2D eigenvalue weighted by Crippen LogP contribution is -2.21. The van der Waals surface area contributed by atoms with Crippen molar-refractivity contribution in [1.29, 1.82) is 0 Å². The molecule has 0 amide bonds. The van der Waals surface area contributed by atoms with Gasteiger partial charge in [0, 0.05) is 18.5 Å². The molecule has 1 unspecified atom stereocenters. The molecule has 1 aliphatic rings. The van der Waals surface area contributed by atoms with Crippen molar-refractivity contribution in [1.82, 2.24) is 9.55 Å². The molecular weight excluding hydrogens is 280 g/mol. The number of imidazole rings is 1. The van der Waals surface area contributed by atoms with Gasteiger partial charge in [-0.1, -0.05) is 24.3 Å². The fourth-order valence-corrected chi connectivity index (χ4v) is 3.48. The number of aromatic nitrogens is 2. The van der Waals surface area contributed by atoms with Crippen LogP contribution in [-0.2, 0) is 13.0 Å². The molecule has 0 saturated carbocycles. The molecule has 1 aliphatic carbocycles. The van der Waals surface area contributed by atoms with Crippen LogP contribution in [0.4, 0.5) is 0 Å². The van der Waals surface area contributed by atoms with Crippen molar-refractivity contribution in [2.45, 2.75) is 18.9 Å². The standard InChI is InChI=1S/C17H16N2OS/c1-20-13-6-7-16-15(9-13)18-17(21)19(16)10-12-8-11-4-2-3-5-14(11)12/h2-7,9,12H,8,10H2,1H3,(H,18,21). The zero-order chi connectivity index (χ0) is 14.4. The Morgan fingerprint density at radius 2 is 2.14 bits per heavy atom. The van der Waals surface area contributed by atoms with Crippen LogP contribution in [-0.4, -0.2) is 16.7 Å². The Morgan fingerprint density at radius 1 is 1.29 bits per heavy atom. The average molecular weight is 296 g/mol. The summed E-state index contributed by atoms with van der Waals surface area (Å²) in [4.78, 5) is 3.28. The number of benzene rings is 2. The smallest absolute Gasteiger partial charge is 0.178 e. The molecule has 1 aromatic heterocycles. The Balaban J connectivity index is 1.72. The SMILES string of the molecule is COc1ccc2c(c1)[nH]c(=S)n2CC1Cc2ccccc21. The highest BCUT2D eigenvalue weighted by molar-refractivity contribution is 7.71. The van der Waals surface area contributed by atoms with Crippen LogP contribution in [0.3, 0.4) is 0 Å². The second-order valence-electron chi connectivity index (χ2n) is 5.52. The van der Waals surface area contributed by atoms with Gasteiger partial charge >= 0.3 is 0 Å². The highest BCUT2D eigenvalue weighted by Gasteiger charge is 2.26. The summed E-state index contributed by atoms with van der Waals surface area (Å²) < 4.78 is 8.25. The van der Waals surface area contributed by atoms with E-state index in [0.717, 1.165) is 34.5 Å². The van der Waals surface area contributed by atoms with Crippen molar-refractivity contribution in [3.05, 3.63) is 58.4 Å². The second kappa shape index (κ2) is 4.74. The van der Waals surface area contributed by atoms with Crippen LogP contribution in [0, 0.1) is 4.77 Å². The normalized spacial score (nSPS) is 16.5. The lowest BCUT2D eigenvalue weighted by atomic mass is 9.77. The summed E-state index contributed by atoms with van der Waals surface area (Å²) in [5.74, 6) is 1.41. The highest BCUT2D eigenvalue weighted by atomic mass is 32.1. The summed E-state index contributed by atoms with van der Waals surface area (Å²) in [6.07, 6.45) is 1.14. The van der Waals surface area contributed by atoms with Gasteiger partial charge in [-0.15, -0.1) is 0 Å². The Labute approximate surface area is 128 Å². The maximum atomic E-state index is 5.49. The van der Waals surface area contributed by atoms with E-state index in [1.54, 1.807) is 7.11 Å². The van der Waals surface area contributed by atoms with Crippen LogP contribution in [0.1, 0.15) is 17.0 Å². The largest absolute Gasteiger partial charge is 0.497 e. The van der Waals surface area contributed by atoms with Crippen LogP contribution in [0.2, 0.25) is 0 Å². The van der Waals surface area contributed by atoms with E-state index in [9.17, 15) is 0 Å². The quantitative estimate of drug-likeness (QED) is 0.739. The van der Waals surface area contributed by atoms with E-state index in [1.165, 1.54) is 11.1 Å². The third-order valence-electron chi connectivity index (χ3n) is 4.35. The van der Waals surface area contributed by atoms with Crippen LogP contribution in [0.25, 0.3) is 11.0 Å². The number of rotatable bonds is 3. The van der Waals surface area contributed by atoms with Gasteiger partial charge in [0.25, 0.3) is 0 Å². The van der Waals surface area contributed by atoms with E-state index in [1.807, 2.05) is 12.1 Å². The molecule has 106 valence electrons. The van der Waals surface area contributed by atoms with E-state index in [2.05, 4.69) is 39.9 Å². The Bertz CT molecular complexity index is 878. The molecule has 3 aromatic rings. The van der Waals surface area contributed by atoms with E-state index in [4.69, 9.17) is 17.0 Å². The van der Waals surface area contributed by atoms with Gasteiger partial charge in [-0.05, 0) is 41.9 Å². The van der Waals surface area contributed by atoms with E-state index in [-0.39, 0.29) is 0 Å². The minimum atomic E-state index is 0.564. The Kier molecular flexibility index (Phi) is 2.86. The van der Waals surface area contributed by atoms with Crippen molar-refractivity contribution >= 4 is 23.3 Å². The summed E-state index contributed by atoms with van der Waals surface area (Å²) in [6.45, 7) is 0.933. The van der Waals surface area contributed by atoms with Gasteiger partial charge in [-0.3, -0.25) is 0 Å². The maximum absolute atomic E-state index is 5.49. The number of methoxy groups -OCH3 is 1. The van der Waals surface area contributed by atoms with Crippen LogP contribution in [0.15, 0.2) is 42.5 Å². The second-order valence-corrected chi connectivity index (χ2v) is 5.91. The fourth-order valence-electron chi connectivity index (χ4n) is 3.20. The predicted octanol–water partition coefficient (Wildman–Crippen LogP) is 4.05. The molecule has 21 heavy (non-hydrogen) atoms. The number of fused-ring (bicyclic) bond motifs is 2. The molecule has 2 aromatic carbocycles. The zero-order valence-electron chi connectivity index (χ0n) is 11.8. The van der Waals surface area contributed by atoms with Crippen molar-refractivity contribution < 1.29 is 4.74 Å². The molecule has 3 nitrogen and oxygen atoms in total. The molecule has 0 aliphatic heterocycles. The van der Waals surface area contributed by atoms with Gasteiger partial charge in [0.2, 0.25) is 0 Å². The number of aromatic amines is 1. The molecule has 4 rings (SSSR count). The zero-order valence-corrected chi connectivity index (χ0v) is 12.6. The molecule has 0 spiro atoms. The molecule has 4 heteroatoms. The summed E-state index contributed by atoms with van der Waals surface area (Å²) in [5.41, 5.74) is 5.11. The monoisotopic (exact) mass is 296 g/mol. The first-order chi connectivity index (χ1) is 10.3. The number of hydrogen-bond donors (Lipinski definition) is 1. The van der Waals surface area contributed by atoms with E-state index in [0.29, 0.717) is 5.92 Å². The molecule has 0 radical (unpaired) electrons. The third kappa shape index (κ3) is 1.98. The molecule has 1 heterocycles. The van der Waals surface area contributed by atoms with Crippen LogP contribution < -0.4 is 4.74 Å². The molecule has 1 atom stereocenters. The first-order valence-corrected chi connectivity index (χ1v) is 7.51. The van der Waals surface area contributed by atoms with Gasteiger partial charge in [0.15, 0.2) is 4.77 Å². The van der Waals surface area contributed by atoms with Gasteiger partial charge in [0.05, 0.1) is 18.1 Å². The number of hydrogen-bond acceptors (Lipinski definition) is 2. The lowest BCUT2D eigenvalue weighted by molar-refractivity contribution is 0.415. The topological polar surface area (TPSA) is 29.9 Å². The van der Waals surface area contributed by atoms with Gasteiger partial charge < -0.3 is 14.3 Å². The minimum Gasteiger partial charge on any atom is -0.497 e. The lowest BCUT2D eigenvalue weighted by Gasteiger charge is -2.30. The molecular formula is C17H16N2OS. The Hall–Kier alpha value is -2.07. The van der Waals surface area contributed by atoms with Gasteiger partial charge in [0.1, 0.15) is 5.75 Å². The summed E-state index contributed by atoms with van der Waals surface area (Å²) in [6, 6.07) is 14.7. The first-order valence-electron chi connectivity index (χ1n) is 7.10. The average Bonchev–Trinajstić information content (AvgIpc) is 2.79. The maximum Gasteiger partial charge on any atom is 0.178 e. The van der Waals surface area contributed by atoms with Crippen LogP contribution >= 0.6 is 12.2 Å².